The van der Waals surface area contributed by atoms with Gasteiger partial charge in [0.2, 0.25) is 0 Å². The summed E-state index contributed by atoms with van der Waals surface area (Å²) < 4.78 is 5.16. The standard InChI is InChI=1S/C14H21N3O/c1-4-7-17-8-5-13(6-9-17)15-10-14-11(2)16-18-12(14)3/h1,13,15H,5-10H2,2-3H3. The van der Waals surface area contributed by atoms with Crippen molar-refractivity contribution in [3.63, 3.8) is 0 Å². The van der Waals surface area contributed by atoms with Crippen LogP contribution in [0.25, 0.3) is 0 Å². The highest BCUT2D eigenvalue weighted by atomic mass is 16.5. The maximum atomic E-state index is 5.33. The van der Waals surface area contributed by atoms with E-state index < -0.39 is 0 Å². The Kier molecular flexibility index (Phi) is 4.40. The van der Waals surface area contributed by atoms with Gasteiger partial charge in [-0.05, 0) is 26.7 Å². The zero-order valence-corrected chi connectivity index (χ0v) is 11.2. The number of rotatable bonds is 4. The van der Waals surface area contributed by atoms with Crippen LogP contribution in [0.1, 0.15) is 29.9 Å². The largest absolute Gasteiger partial charge is 0.361 e. The van der Waals surface area contributed by atoms with Gasteiger partial charge in [0.1, 0.15) is 5.76 Å². The number of aryl methyl sites for hydroxylation is 2. The number of hydrogen-bond acceptors (Lipinski definition) is 4. The lowest BCUT2D eigenvalue weighted by atomic mass is 10.0. The molecule has 1 fully saturated rings. The Morgan fingerprint density at radius 2 is 2.17 bits per heavy atom. The fourth-order valence-electron chi connectivity index (χ4n) is 2.42. The predicted molar refractivity (Wildman–Crippen MR) is 71.1 cm³/mol. The van der Waals surface area contributed by atoms with Gasteiger partial charge in [-0.1, -0.05) is 11.1 Å². The van der Waals surface area contributed by atoms with Crippen LogP contribution in [-0.2, 0) is 6.54 Å². The molecule has 0 saturated carbocycles. The summed E-state index contributed by atoms with van der Waals surface area (Å²) in [5.41, 5.74) is 2.19. The molecule has 0 aromatic carbocycles. The van der Waals surface area contributed by atoms with Crippen LogP contribution in [0.3, 0.4) is 0 Å². The van der Waals surface area contributed by atoms with E-state index in [0.717, 1.165) is 50.5 Å². The first-order valence-corrected chi connectivity index (χ1v) is 6.51. The maximum absolute atomic E-state index is 5.33. The van der Waals surface area contributed by atoms with Gasteiger partial charge in [0.15, 0.2) is 0 Å². The normalized spacial score (nSPS) is 17.8. The second-order valence-electron chi connectivity index (χ2n) is 4.94. The van der Waals surface area contributed by atoms with Crippen LogP contribution >= 0.6 is 0 Å². The summed E-state index contributed by atoms with van der Waals surface area (Å²) in [6, 6.07) is 0.577. The van der Waals surface area contributed by atoms with Crippen molar-refractivity contribution >= 4 is 0 Å². The van der Waals surface area contributed by atoms with Crippen molar-refractivity contribution in [3.05, 3.63) is 17.0 Å². The van der Waals surface area contributed by atoms with Crippen LogP contribution in [0.15, 0.2) is 4.52 Å². The molecule has 0 amide bonds. The van der Waals surface area contributed by atoms with Crippen molar-refractivity contribution in [2.24, 2.45) is 0 Å². The van der Waals surface area contributed by atoms with Crippen molar-refractivity contribution in [3.8, 4) is 12.3 Å². The van der Waals surface area contributed by atoms with Gasteiger partial charge >= 0.3 is 0 Å². The summed E-state index contributed by atoms with van der Waals surface area (Å²) in [7, 11) is 0. The van der Waals surface area contributed by atoms with Crippen molar-refractivity contribution in [2.75, 3.05) is 19.6 Å². The van der Waals surface area contributed by atoms with E-state index >= 15 is 0 Å². The highest BCUT2D eigenvalue weighted by molar-refractivity contribution is 5.20. The van der Waals surface area contributed by atoms with E-state index in [1.165, 1.54) is 5.56 Å². The van der Waals surface area contributed by atoms with Crippen LogP contribution in [0, 0.1) is 26.2 Å². The second kappa shape index (κ2) is 6.03. The zero-order valence-electron chi connectivity index (χ0n) is 11.2. The van der Waals surface area contributed by atoms with Gasteiger partial charge in [0.05, 0.1) is 12.2 Å². The molecule has 0 atom stereocenters. The number of nitrogens with one attached hydrogen (secondary N) is 1. The van der Waals surface area contributed by atoms with Crippen molar-refractivity contribution < 1.29 is 4.52 Å². The molecule has 0 bridgehead atoms. The van der Waals surface area contributed by atoms with Crippen molar-refractivity contribution in [1.29, 1.82) is 0 Å². The summed E-state index contributed by atoms with van der Waals surface area (Å²) >= 11 is 0. The van der Waals surface area contributed by atoms with E-state index in [2.05, 4.69) is 21.3 Å². The van der Waals surface area contributed by atoms with E-state index in [1.807, 2.05) is 13.8 Å². The van der Waals surface area contributed by atoms with E-state index in [0.29, 0.717) is 6.04 Å². The lowest BCUT2D eigenvalue weighted by Crippen LogP contribution is -2.42. The topological polar surface area (TPSA) is 41.3 Å². The van der Waals surface area contributed by atoms with E-state index in [4.69, 9.17) is 10.9 Å². The Bertz CT molecular complexity index is 405. The van der Waals surface area contributed by atoms with Crippen molar-refractivity contribution in [1.82, 2.24) is 15.4 Å². The summed E-state index contributed by atoms with van der Waals surface area (Å²) in [5.74, 6) is 3.63. The third kappa shape index (κ3) is 3.12. The molecule has 2 rings (SSSR count). The zero-order chi connectivity index (χ0) is 13.0. The first kappa shape index (κ1) is 13.1. The Morgan fingerprint density at radius 3 is 2.72 bits per heavy atom. The molecule has 18 heavy (non-hydrogen) atoms. The molecule has 98 valence electrons. The third-order valence-corrected chi connectivity index (χ3v) is 3.65. The third-order valence-electron chi connectivity index (χ3n) is 3.65. The van der Waals surface area contributed by atoms with Gasteiger partial charge in [0.25, 0.3) is 0 Å². The molecule has 0 radical (unpaired) electrons. The number of piperidine rings is 1. The molecule has 1 aliphatic heterocycles. The minimum absolute atomic E-state index is 0.577. The monoisotopic (exact) mass is 247 g/mol. The number of likely N-dealkylation sites (tertiary alicyclic amines) is 1. The van der Waals surface area contributed by atoms with Crippen LogP contribution in [0.2, 0.25) is 0 Å². The molecule has 4 nitrogen and oxygen atoms in total. The summed E-state index contributed by atoms with van der Waals surface area (Å²) in [5, 5.41) is 7.56. The van der Waals surface area contributed by atoms with Crippen LogP contribution in [0.5, 0.6) is 0 Å². The molecule has 1 aliphatic rings. The Labute approximate surface area is 109 Å². The Morgan fingerprint density at radius 1 is 1.44 bits per heavy atom. The molecular formula is C14H21N3O. The SMILES string of the molecule is C#CCN1CCC(NCc2c(C)noc2C)CC1. The molecule has 1 aromatic rings. The summed E-state index contributed by atoms with van der Waals surface area (Å²) in [4.78, 5) is 2.33. The molecule has 4 heteroatoms. The number of aromatic nitrogens is 1. The fraction of sp³-hybridized carbons (Fsp3) is 0.643. The molecule has 1 aromatic heterocycles. The summed E-state index contributed by atoms with van der Waals surface area (Å²) in [6.45, 7) is 7.75. The van der Waals surface area contributed by atoms with Gasteiger partial charge in [-0.15, -0.1) is 6.42 Å². The highest BCUT2D eigenvalue weighted by Gasteiger charge is 2.19. The van der Waals surface area contributed by atoms with E-state index in [1.54, 1.807) is 0 Å². The van der Waals surface area contributed by atoms with Gasteiger partial charge < -0.3 is 9.84 Å². The van der Waals surface area contributed by atoms with Gasteiger partial charge in [0, 0.05) is 31.2 Å². The number of hydrogen-bond donors (Lipinski definition) is 1. The molecule has 0 aliphatic carbocycles. The quantitative estimate of drug-likeness (QED) is 0.818. The Hall–Kier alpha value is -1.31. The van der Waals surface area contributed by atoms with Crippen LogP contribution in [-0.4, -0.2) is 35.7 Å². The van der Waals surface area contributed by atoms with E-state index in [9.17, 15) is 0 Å². The minimum Gasteiger partial charge on any atom is -0.361 e. The first-order valence-electron chi connectivity index (χ1n) is 6.51. The van der Waals surface area contributed by atoms with Crippen LogP contribution < -0.4 is 5.32 Å². The molecule has 0 spiro atoms. The smallest absolute Gasteiger partial charge is 0.138 e. The van der Waals surface area contributed by atoms with Crippen LogP contribution in [0.4, 0.5) is 0 Å². The van der Waals surface area contributed by atoms with Gasteiger partial charge in [-0.3, -0.25) is 4.90 Å². The Balaban J connectivity index is 1.78. The number of terminal acetylenes is 1. The predicted octanol–water partition coefficient (Wildman–Crippen LogP) is 1.48. The molecular weight excluding hydrogens is 226 g/mol. The van der Waals surface area contributed by atoms with Crippen molar-refractivity contribution in [2.45, 2.75) is 39.3 Å². The number of nitrogens with zero attached hydrogens (tertiary/aromatic N) is 2. The van der Waals surface area contributed by atoms with E-state index in [-0.39, 0.29) is 0 Å². The highest BCUT2D eigenvalue weighted by Crippen LogP contribution is 2.14. The fourth-order valence-corrected chi connectivity index (χ4v) is 2.42. The molecule has 0 unspecified atom stereocenters. The lowest BCUT2D eigenvalue weighted by Gasteiger charge is -2.31. The average molecular weight is 247 g/mol. The van der Waals surface area contributed by atoms with Gasteiger partial charge in [-0.2, -0.15) is 0 Å². The lowest BCUT2D eigenvalue weighted by molar-refractivity contribution is 0.217. The molecule has 1 saturated heterocycles. The average Bonchev–Trinajstić information content (AvgIpc) is 2.69. The maximum Gasteiger partial charge on any atom is 0.138 e. The molecule has 1 N–H and O–H groups in total. The molecule has 2 heterocycles. The van der Waals surface area contributed by atoms with Gasteiger partial charge in [-0.25, -0.2) is 0 Å². The minimum atomic E-state index is 0.577. The second-order valence-corrected chi connectivity index (χ2v) is 4.94. The first-order chi connectivity index (χ1) is 8.70. The summed E-state index contributed by atoms with van der Waals surface area (Å²) in [6.07, 6.45) is 7.64.